The number of aromatic nitrogens is 1. The lowest BCUT2D eigenvalue weighted by atomic mass is 9.87. The number of hydrogen-bond acceptors (Lipinski definition) is 5. The van der Waals surface area contributed by atoms with Crippen molar-refractivity contribution < 1.29 is 4.79 Å². The summed E-state index contributed by atoms with van der Waals surface area (Å²) >= 11 is 1.23. The summed E-state index contributed by atoms with van der Waals surface area (Å²) < 4.78 is 2.29. The minimum Gasteiger partial charge on any atom is -0.384 e. The van der Waals surface area contributed by atoms with Crippen LogP contribution in [0.3, 0.4) is 0 Å². The van der Waals surface area contributed by atoms with Crippen LogP contribution in [0.15, 0.2) is 40.7 Å². The molecule has 0 aliphatic carbocycles. The van der Waals surface area contributed by atoms with Gasteiger partial charge in [0, 0.05) is 17.1 Å². The van der Waals surface area contributed by atoms with E-state index in [1.165, 1.54) is 15.9 Å². The largest absolute Gasteiger partial charge is 0.384 e. The average molecular weight is 337 g/mol. The van der Waals surface area contributed by atoms with Gasteiger partial charge in [-0.05, 0) is 6.92 Å². The third-order valence-electron chi connectivity index (χ3n) is 4.10. The van der Waals surface area contributed by atoms with Crippen LogP contribution in [0.25, 0.3) is 17.5 Å². The molecule has 24 heavy (non-hydrogen) atoms. The quantitative estimate of drug-likeness (QED) is 0.830. The molecule has 120 valence electrons. The standard InChI is InChI=1S/C18H15N3O2S/c1-3-13-17(23)21-16(20)12(9-19)10(2)14(18(21)24-13)15(22)11-7-5-4-6-8-11/h3-8,10H,20H2,1-2H3/b13-3-/t10-/m1/s1. The SMILES string of the molecule is C/C=c1\sc2n(c1=O)C(N)=C(C#N)[C@@H](C)C=2C(=O)c1ccccc1. The minimum atomic E-state index is -0.467. The highest BCUT2D eigenvalue weighted by atomic mass is 32.1. The van der Waals surface area contributed by atoms with Gasteiger partial charge in [0.05, 0.1) is 16.2 Å². The molecule has 0 saturated heterocycles. The number of fused-ring (bicyclic) bond motifs is 1. The van der Waals surface area contributed by atoms with Crippen LogP contribution in [-0.2, 0) is 0 Å². The Labute approximate surface area is 142 Å². The molecule has 1 aliphatic heterocycles. The second-order valence-electron chi connectivity index (χ2n) is 5.44. The van der Waals surface area contributed by atoms with E-state index in [1.807, 2.05) is 6.07 Å². The van der Waals surface area contributed by atoms with Gasteiger partial charge in [-0.2, -0.15) is 5.26 Å². The smallest absolute Gasteiger partial charge is 0.274 e. The van der Waals surface area contributed by atoms with Crippen LogP contribution in [0.1, 0.15) is 24.2 Å². The Morgan fingerprint density at radius 2 is 2.04 bits per heavy atom. The zero-order valence-corrected chi connectivity index (χ0v) is 14.1. The summed E-state index contributed by atoms with van der Waals surface area (Å²) in [5.74, 6) is -0.551. The van der Waals surface area contributed by atoms with Gasteiger partial charge < -0.3 is 5.73 Å². The normalized spacial score (nSPS) is 17.6. The van der Waals surface area contributed by atoms with E-state index in [-0.39, 0.29) is 22.7 Å². The maximum absolute atomic E-state index is 13.0. The van der Waals surface area contributed by atoms with Crippen LogP contribution in [0.4, 0.5) is 0 Å². The van der Waals surface area contributed by atoms with E-state index in [0.717, 1.165) is 0 Å². The summed E-state index contributed by atoms with van der Waals surface area (Å²) in [5.41, 5.74) is 6.94. The van der Waals surface area contributed by atoms with Crippen LogP contribution in [0.5, 0.6) is 0 Å². The Hall–Kier alpha value is -2.91. The molecular formula is C18H15N3O2S. The molecule has 0 amide bonds. The fourth-order valence-corrected chi connectivity index (χ4v) is 3.99. The molecule has 0 fully saturated rings. The first kappa shape index (κ1) is 16.0. The molecule has 0 radical (unpaired) electrons. The van der Waals surface area contributed by atoms with E-state index >= 15 is 0 Å². The van der Waals surface area contributed by atoms with Crippen molar-refractivity contribution in [2.75, 3.05) is 0 Å². The molecule has 2 N–H and O–H groups in total. The number of benzene rings is 1. The number of Topliss-reactive ketones (excluding diaryl/α,β-unsaturated/α-hetero) is 1. The van der Waals surface area contributed by atoms with Crippen molar-refractivity contribution in [1.82, 2.24) is 4.57 Å². The first-order valence-corrected chi connectivity index (χ1v) is 8.25. The van der Waals surface area contributed by atoms with Gasteiger partial charge in [0.25, 0.3) is 5.56 Å². The Morgan fingerprint density at radius 3 is 2.62 bits per heavy atom. The number of rotatable bonds is 2. The van der Waals surface area contributed by atoms with E-state index in [1.54, 1.807) is 44.2 Å². The molecule has 3 rings (SSSR count). The van der Waals surface area contributed by atoms with Crippen molar-refractivity contribution in [2.45, 2.75) is 13.8 Å². The van der Waals surface area contributed by atoms with Crippen LogP contribution < -0.4 is 20.5 Å². The average Bonchev–Trinajstić information content (AvgIpc) is 2.92. The number of carbonyl (C=O) groups excluding carboxylic acids is 1. The van der Waals surface area contributed by atoms with Crippen molar-refractivity contribution >= 4 is 34.6 Å². The van der Waals surface area contributed by atoms with Gasteiger partial charge in [0.2, 0.25) is 0 Å². The molecular weight excluding hydrogens is 322 g/mol. The van der Waals surface area contributed by atoms with Crippen LogP contribution in [-0.4, -0.2) is 10.4 Å². The van der Waals surface area contributed by atoms with Gasteiger partial charge in [0.1, 0.15) is 10.5 Å². The number of carbonyl (C=O) groups is 1. The topological polar surface area (TPSA) is 88.9 Å². The fraction of sp³-hybridized carbons (Fsp3) is 0.167. The number of hydrogen-bond donors (Lipinski definition) is 1. The lowest BCUT2D eigenvalue weighted by molar-refractivity contribution is 0.104. The van der Waals surface area contributed by atoms with Crippen LogP contribution in [0, 0.1) is 17.2 Å². The Bertz CT molecular complexity index is 1080. The number of nitriles is 1. The summed E-state index contributed by atoms with van der Waals surface area (Å²) in [7, 11) is 0. The van der Waals surface area contributed by atoms with E-state index in [4.69, 9.17) is 5.73 Å². The summed E-state index contributed by atoms with van der Waals surface area (Å²) in [4.78, 5) is 25.5. The Kier molecular flexibility index (Phi) is 3.96. The predicted octanol–water partition coefficient (Wildman–Crippen LogP) is 1.04. The van der Waals surface area contributed by atoms with Gasteiger partial charge in [-0.15, -0.1) is 11.3 Å². The van der Waals surface area contributed by atoms with Gasteiger partial charge in [-0.25, -0.2) is 0 Å². The molecule has 1 aromatic heterocycles. The third-order valence-corrected chi connectivity index (χ3v) is 5.33. The van der Waals surface area contributed by atoms with E-state index in [2.05, 4.69) is 6.07 Å². The number of thiazole rings is 1. The van der Waals surface area contributed by atoms with Crippen molar-refractivity contribution in [3.63, 3.8) is 0 Å². The highest BCUT2D eigenvalue weighted by molar-refractivity contribution is 7.07. The molecule has 1 aliphatic rings. The minimum absolute atomic E-state index is 0.110. The van der Waals surface area contributed by atoms with Gasteiger partial charge in [0.15, 0.2) is 5.78 Å². The monoisotopic (exact) mass is 337 g/mol. The van der Waals surface area contributed by atoms with E-state index in [0.29, 0.717) is 20.3 Å². The first-order chi connectivity index (χ1) is 11.5. The van der Waals surface area contributed by atoms with Crippen molar-refractivity contribution in [1.29, 1.82) is 5.26 Å². The predicted molar refractivity (Wildman–Crippen MR) is 94.3 cm³/mol. The highest BCUT2D eigenvalue weighted by Gasteiger charge is 2.31. The zero-order valence-electron chi connectivity index (χ0n) is 13.2. The van der Waals surface area contributed by atoms with Crippen molar-refractivity contribution in [3.8, 4) is 6.07 Å². The van der Waals surface area contributed by atoms with Crippen molar-refractivity contribution in [2.24, 2.45) is 11.7 Å². The molecule has 1 aromatic carbocycles. The van der Waals surface area contributed by atoms with Crippen LogP contribution >= 0.6 is 11.3 Å². The summed E-state index contributed by atoms with van der Waals surface area (Å²) in [5, 5.41) is 9.45. The fourth-order valence-electron chi connectivity index (χ4n) is 2.84. The number of nitrogens with zero attached hydrogens (tertiary/aromatic N) is 2. The molecule has 2 heterocycles. The maximum atomic E-state index is 13.0. The molecule has 2 aromatic rings. The second kappa shape index (κ2) is 5.95. The Balaban J connectivity index is 2.43. The maximum Gasteiger partial charge on any atom is 0.274 e. The molecule has 0 unspecified atom stereocenters. The summed E-state index contributed by atoms with van der Waals surface area (Å²) in [6.07, 6.45) is 1.69. The van der Waals surface area contributed by atoms with Gasteiger partial charge in [-0.1, -0.05) is 43.3 Å². The number of nitrogens with two attached hydrogens (primary N) is 1. The lowest BCUT2D eigenvalue weighted by Gasteiger charge is -2.21. The number of allylic oxidation sites excluding steroid dienone is 1. The Morgan fingerprint density at radius 1 is 1.38 bits per heavy atom. The van der Waals surface area contributed by atoms with Crippen LogP contribution in [0.2, 0.25) is 0 Å². The number of ketones is 1. The molecule has 6 heteroatoms. The molecule has 1 atom stereocenters. The van der Waals surface area contributed by atoms with E-state index < -0.39 is 5.92 Å². The van der Waals surface area contributed by atoms with Gasteiger partial charge in [-0.3, -0.25) is 14.2 Å². The molecule has 0 spiro atoms. The first-order valence-electron chi connectivity index (χ1n) is 7.43. The second-order valence-corrected chi connectivity index (χ2v) is 6.47. The van der Waals surface area contributed by atoms with E-state index in [9.17, 15) is 14.9 Å². The molecule has 0 saturated carbocycles. The highest BCUT2D eigenvalue weighted by Crippen LogP contribution is 2.28. The lowest BCUT2D eigenvalue weighted by Crippen LogP contribution is -2.39. The molecule has 5 nitrogen and oxygen atoms in total. The van der Waals surface area contributed by atoms with Gasteiger partial charge >= 0.3 is 0 Å². The summed E-state index contributed by atoms with van der Waals surface area (Å²) in [6, 6.07) is 10.9. The molecule has 0 bridgehead atoms. The zero-order chi connectivity index (χ0) is 17.4. The summed E-state index contributed by atoms with van der Waals surface area (Å²) in [6.45, 7) is 3.52. The van der Waals surface area contributed by atoms with Crippen molar-refractivity contribution in [3.05, 3.63) is 61.0 Å². The third kappa shape index (κ3) is 2.22.